The predicted octanol–water partition coefficient (Wildman–Crippen LogP) is 3.50. The third-order valence-electron chi connectivity index (χ3n) is 5.59. The molecule has 0 saturated carbocycles. The van der Waals surface area contributed by atoms with Crippen molar-refractivity contribution in [1.82, 2.24) is 24.3 Å². The summed E-state index contributed by atoms with van der Waals surface area (Å²) in [4.78, 5) is 14.3. The highest BCUT2D eigenvalue weighted by atomic mass is 15.2. The van der Waals surface area contributed by atoms with Crippen LogP contribution in [0.25, 0.3) is 11.0 Å². The number of para-hydroxylation sites is 2. The summed E-state index contributed by atoms with van der Waals surface area (Å²) in [5.41, 5.74) is 4.97. The fourth-order valence-electron chi connectivity index (χ4n) is 4.14. The zero-order valence-corrected chi connectivity index (χ0v) is 16.6. The zero-order chi connectivity index (χ0) is 18.8. The Morgan fingerprint density at radius 3 is 2.81 bits per heavy atom. The molecule has 0 bridgehead atoms. The number of hydrogen-bond acceptors (Lipinski definition) is 4. The molecule has 4 rings (SSSR count). The number of imidazole rings is 1. The minimum absolute atomic E-state index is 0.372. The molecule has 3 aromatic rings. The number of hydrogen-bond donors (Lipinski definition) is 0. The smallest absolute Gasteiger partial charge is 0.124 e. The molecule has 1 atom stereocenters. The van der Waals surface area contributed by atoms with Crippen molar-refractivity contribution in [3.63, 3.8) is 0 Å². The Bertz CT molecular complexity index is 914. The van der Waals surface area contributed by atoms with E-state index in [0.717, 1.165) is 37.4 Å². The van der Waals surface area contributed by atoms with Gasteiger partial charge in [-0.15, -0.1) is 0 Å². The molecule has 27 heavy (non-hydrogen) atoms. The van der Waals surface area contributed by atoms with Gasteiger partial charge in [0, 0.05) is 19.3 Å². The summed E-state index contributed by atoms with van der Waals surface area (Å²) >= 11 is 0. The molecule has 0 aliphatic heterocycles. The summed E-state index contributed by atoms with van der Waals surface area (Å²) in [5.74, 6) is 1.14. The number of benzene rings is 1. The average molecular weight is 364 g/mol. The largest absolute Gasteiger partial charge is 0.326 e. The molecule has 1 unspecified atom stereocenters. The molecule has 5 nitrogen and oxygen atoms in total. The van der Waals surface area contributed by atoms with Crippen molar-refractivity contribution >= 4 is 11.0 Å². The molecular weight excluding hydrogens is 334 g/mol. The predicted molar refractivity (Wildman–Crippen MR) is 110 cm³/mol. The van der Waals surface area contributed by atoms with E-state index in [-0.39, 0.29) is 0 Å². The molecule has 0 amide bonds. The van der Waals surface area contributed by atoms with E-state index in [4.69, 9.17) is 9.97 Å². The second-order valence-corrected chi connectivity index (χ2v) is 7.84. The van der Waals surface area contributed by atoms with Crippen molar-refractivity contribution in [2.45, 2.75) is 38.4 Å². The minimum atomic E-state index is 0.372. The first-order valence-corrected chi connectivity index (χ1v) is 9.86. The van der Waals surface area contributed by atoms with Crippen LogP contribution in [0.3, 0.4) is 0 Å². The average Bonchev–Trinajstić information content (AvgIpc) is 3.02. The standard InChI is InChI=1S/C22H29N5/c1-25(2)14-15-27-19-11-5-4-10-18(19)24-21(27)16-26(3)20-12-6-8-17-9-7-13-23-22(17)20/h4-5,7,9-11,13,20H,6,8,12,14-16H2,1-3H3. The van der Waals surface area contributed by atoms with Gasteiger partial charge in [-0.2, -0.15) is 0 Å². The van der Waals surface area contributed by atoms with E-state index in [9.17, 15) is 0 Å². The van der Waals surface area contributed by atoms with Gasteiger partial charge in [-0.05, 0) is 64.2 Å². The third-order valence-corrected chi connectivity index (χ3v) is 5.59. The van der Waals surface area contributed by atoms with Crippen LogP contribution in [0.1, 0.15) is 36.0 Å². The van der Waals surface area contributed by atoms with Crippen LogP contribution in [0, 0.1) is 0 Å². The SMILES string of the molecule is CN(C)CCn1c(CN(C)C2CCCc3cccnc32)nc2ccccc21. The van der Waals surface area contributed by atoms with Gasteiger partial charge in [0.15, 0.2) is 0 Å². The first-order valence-electron chi connectivity index (χ1n) is 9.86. The number of aromatic nitrogens is 3. The van der Waals surface area contributed by atoms with Crippen LogP contribution in [-0.4, -0.2) is 52.0 Å². The van der Waals surface area contributed by atoms with Crippen LogP contribution in [-0.2, 0) is 19.5 Å². The Kier molecular flexibility index (Phi) is 5.23. The first-order chi connectivity index (χ1) is 13.1. The second kappa shape index (κ2) is 7.79. The Balaban J connectivity index is 1.62. The van der Waals surface area contributed by atoms with E-state index in [0.29, 0.717) is 6.04 Å². The zero-order valence-electron chi connectivity index (χ0n) is 16.6. The lowest BCUT2D eigenvalue weighted by atomic mass is 9.91. The van der Waals surface area contributed by atoms with E-state index < -0.39 is 0 Å². The van der Waals surface area contributed by atoms with E-state index >= 15 is 0 Å². The van der Waals surface area contributed by atoms with Crippen molar-refractivity contribution in [2.75, 3.05) is 27.7 Å². The first kappa shape index (κ1) is 18.1. The number of aryl methyl sites for hydroxylation is 1. The molecule has 0 spiro atoms. The number of fused-ring (bicyclic) bond motifs is 2. The van der Waals surface area contributed by atoms with Crippen LogP contribution in [0.15, 0.2) is 42.6 Å². The van der Waals surface area contributed by atoms with Gasteiger partial charge in [0.1, 0.15) is 5.82 Å². The van der Waals surface area contributed by atoms with Crippen molar-refractivity contribution in [1.29, 1.82) is 0 Å². The Hall–Kier alpha value is -2.24. The summed E-state index contributed by atoms with van der Waals surface area (Å²) in [6.07, 6.45) is 5.47. The highest BCUT2D eigenvalue weighted by molar-refractivity contribution is 5.75. The van der Waals surface area contributed by atoms with E-state index in [1.54, 1.807) is 0 Å². The Morgan fingerprint density at radius 1 is 1.11 bits per heavy atom. The summed E-state index contributed by atoms with van der Waals surface area (Å²) in [6, 6.07) is 13.1. The van der Waals surface area contributed by atoms with Gasteiger partial charge in [-0.25, -0.2) is 4.98 Å². The van der Waals surface area contributed by atoms with Crippen LogP contribution in [0.2, 0.25) is 0 Å². The number of likely N-dealkylation sites (N-methyl/N-ethyl adjacent to an activating group) is 1. The van der Waals surface area contributed by atoms with Crippen LogP contribution >= 0.6 is 0 Å². The number of rotatable bonds is 6. The Morgan fingerprint density at radius 2 is 1.96 bits per heavy atom. The molecule has 0 N–H and O–H groups in total. The second-order valence-electron chi connectivity index (χ2n) is 7.84. The molecule has 5 heteroatoms. The molecular formula is C22H29N5. The van der Waals surface area contributed by atoms with E-state index in [1.807, 2.05) is 6.20 Å². The van der Waals surface area contributed by atoms with E-state index in [2.05, 4.69) is 71.9 Å². The van der Waals surface area contributed by atoms with Crippen molar-refractivity contribution in [2.24, 2.45) is 0 Å². The van der Waals surface area contributed by atoms with Crippen molar-refractivity contribution < 1.29 is 0 Å². The summed E-state index contributed by atoms with van der Waals surface area (Å²) in [7, 11) is 6.45. The van der Waals surface area contributed by atoms with E-state index in [1.165, 1.54) is 29.6 Å². The van der Waals surface area contributed by atoms with Gasteiger partial charge in [-0.1, -0.05) is 18.2 Å². The molecule has 2 heterocycles. The van der Waals surface area contributed by atoms with Crippen LogP contribution < -0.4 is 0 Å². The van der Waals surface area contributed by atoms with Gasteiger partial charge < -0.3 is 9.47 Å². The molecule has 1 aliphatic rings. The fourth-order valence-corrected chi connectivity index (χ4v) is 4.14. The number of nitrogens with zero attached hydrogens (tertiary/aromatic N) is 5. The molecule has 0 saturated heterocycles. The quantitative estimate of drug-likeness (QED) is 0.672. The molecule has 2 aromatic heterocycles. The van der Waals surface area contributed by atoms with Crippen LogP contribution in [0.5, 0.6) is 0 Å². The maximum Gasteiger partial charge on any atom is 0.124 e. The van der Waals surface area contributed by atoms with Gasteiger partial charge >= 0.3 is 0 Å². The maximum absolute atomic E-state index is 4.96. The third kappa shape index (κ3) is 3.75. The molecule has 0 fully saturated rings. The normalized spacial score (nSPS) is 17.0. The summed E-state index contributed by atoms with van der Waals surface area (Å²) < 4.78 is 2.38. The topological polar surface area (TPSA) is 37.2 Å². The molecule has 1 aromatic carbocycles. The van der Waals surface area contributed by atoms with Gasteiger partial charge in [0.25, 0.3) is 0 Å². The maximum atomic E-state index is 4.96. The molecule has 0 radical (unpaired) electrons. The lowest BCUT2D eigenvalue weighted by Crippen LogP contribution is -2.30. The summed E-state index contributed by atoms with van der Waals surface area (Å²) in [6.45, 7) is 2.80. The van der Waals surface area contributed by atoms with Crippen molar-refractivity contribution in [3.05, 3.63) is 59.7 Å². The summed E-state index contributed by atoms with van der Waals surface area (Å²) in [5, 5.41) is 0. The lowest BCUT2D eigenvalue weighted by molar-refractivity contribution is 0.201. The Labute approximate surface area is 161 Å². The molecule has 142 valence electrons. The van der Waals surface area contributed by atoms with Gasteiger partial charge in [0.05, 0.1) is 29.3 Å². The van der Waals surface area contributed by atoms with Gasteiger partial charge in [0.2, 0.25) is 0 Å². The highest BCUT2D eigenvalue weighted by Gasteiger charge is 2.26. The van der Waals surface area contributed by atoms with Gasteiger partial charge in [-0.3, -0.25) is 9.88 Å². The monoisotopic (exact) mass is 363 g/mol. The lowest BCUT2D eigenvalue weighted by Gasteiger charge is -2.32. The minimum Gasteiger partial charge on any atom is -0.326 e. The number of pyridine rings is 1. The van der Waals surface area contributed by atoms with Crippen LogP contribution in [0.4, 0.5) is 0 Å². The fraction of sp³-hybridized carbons (Fsp3) is 0.455. The molecule has 1 aliphatic carbocycles. The van der Waals surface area contributed by atoms with Crippen molar-refractivity contribution in [3.8, 4) is 0 Å². The highest BCUT2D eigenvalue weighted by Crippen LogP contribution is 2.32.